The van der Waals surface area contributed by atoms with Crippen molar-refractivity contribution in [3.8, 4) is 0 Å². The first-order chi connectivity index (χ1) is 7.25. The molecule has 0 aromatic heterocycles. The Bertz CT molecular complexity index is 159. The summed E-state index contributed by atoms with van der Waals surface area (Å²) in [4.78, 5) is 2.49. The monoisotopic (exact) mass is 213 g/mol. The largest absolute Gasteiger partial charge is 0.362 e. The molecule has 1 rings (SSSR count). The maximum atomic E-state index is 5.76. The van der Waals surface area contributed by atoms with E-state index in [4.69, 9.17) is 4.74 Å². The van der Waals surface area contributed by atoms with Gasteiger partial charge in [0, 0.05) is 12.6 Å². The molecule has 1 fully saturated rings. The molecule has 1 heterocycles. The van der Waals surface area contributed by atoms with Gasteiger partial charge >= 0.3 is 0 Å². The van der Waals surface area contributed by atoms with Crippen LogP contribution in [0.1, 0.15) is 59.3 Å². The normalized spacial score (nSPS) is 22.8. The van der Waals surface area contributed by atoms with E-state index in [2.05, 4.69) is 25.7 Å². The molecule has 0 saturated carbocycles. The van der Waals surface area contributed by atoms with Crippen molar-refractivity contribution in [1.82, 2.24) is 4.90 Å². The zero-order valence-electron chi connectivity index (χ0n) is 10.7. The summed E-state index contributed by atoms with van der Waals surface area (Å²) in [7, 11) is 0. The van der Waals surface area contributed by atoms with Crippen molar-refractivity contribution in [2.75, 3.05) is 13.2 Å². The minimum Gasteiger partial charge on any atom is -0.362 e. The fourth-order valence-corrected chi connectivity index (χ4v) is 2.30. The summed E-state index contributed by atoms with van der Waals surface area (Å²) in [5, 5.41) is 0. The molecule has 2 nitrogen and oxygen atoms in total. The maximum Gasteiger partial charge on any atom is 0.110 e. The lowest BCUT2D eigenvalue weighted by Gasteiger charge is -2.26. The molecule has 0 radical (unpaired) electrons. The lowest BCUT2D eigenvalue weighted by Crippen LogP contribution is -2.36. The van der Waals surface area contributed by atoms with Crippen molar-refractivity contribution < 1.29 is 4.74 Å². The van der Waals surface area contributed by atoms with Crippen LogP contribution in [0.4, 0.5) is 0 Å². The van der Waals surface area contributed by atoms with E-state index in [1.165, 1.54) is 38.5 Å². The molecule has 0 N–H and O–H groups in total. The van der Waals surface area contributed by atoms with Gasteiger partial charge in [-0.1, -0.05) is 32.6 Å². The predicted molar refractivity (Wildman–Crippen MR) is 65.0 cm³/mol. The molecule has 15 heavy (non-hydrogen) atoms. The van der Waals surface area contributed by atoms with Gasteiger partial charge in [0.25, 0.3) is 0 Å². The van der Waals surface area contributed by atoms with Gasteiger partial charge in [0.2, 0.25) is 0 Å². The van der Waals surface area contributed by atoms with E-state index in [1.54, 1.807) is 0 Å². The molecule has 1 aliphatic rings. The highest BCUT2D eigenvalue weighted by molar-refractivity contribution is 4.73. The summed E-state index contributed by atoms with van der Waals surface area (Å²) in [5.74, 6) is 0. The van der Waals surface area contributed by atoms with Crippen molar-refractivity contribution in [2.24, 2.45) is 0 Å². The second-order valence-electron chi connectivity index (χ2n) is 4.86. The molecule has 1 saturated heterocycles. The van der Waals surface area contributed by atoms with Gasteiger partial charge in [0.05, 0.1) is 6.61 Å². The fourth-order valence-electron chi connectivity index (χ4n) is 2.30. The van der Waals surface area contributed by atoms with Gasteiger partial charge in [-0.2, -0.15) is 0 Å². The predicted octanol–water partition coefficient (Wildman–Crippen LogP) is 3.41. The summed E-state index contributed by atoms with van der Waals surface area (Å²) < 4.78 is 5.76. The Labute approximate surface area is 95.0 Å². The van der Waals surface area contributed by atoms with Crippen LogP contribution in [0.2, 0.25) is 0 Å². The van der Waals surface area contributed by atoms with E-state index in [1.807, 2.05) is 0 Å². The van der Waals surface area contributed by atoms with Gasteiger partial charge in [-0.15, -0.1) is 0 Å². The number of unbranched alkanes of at least 4 members (excludes halogenated alkanes) is 4. The summed E-state index contributed by atoms with van der Waals surface area (Å²) in [6.45, 7) is 8.84. The molecule has 0 amide bonds. The van der Waals surface area contributed by atoms with Gasteiger partial charge < -0.3 is 4.74 Å². The first kappa shape index (κ1) is 13.0. The Morgan fingerprint density at radius 2 is 1.93 bits per heavy atom. The smallest absolute Gasteiger partial charge is 0.110 e. The maximum absolute atomic E-state index is 5.76. The quantitative estimate of drug-likeness (QED) is 0.601. The lowest BCUT2D eigenvalue weighted by atomic mass is 10.1. The third kappa shape index (κ3) is 4.52. The number of ether oxygens (including phenoxy) is 1. The van der Waals surface area contributed by atoms with Crippen molar-refractivity contribution in [2.45, 2.75) is 71.6 Å². The average molecular weight is 213 g/mol. The van der Waals surface area contributed by atoms with Gasteiger partial charge in [-0.25, -0.2) is 0 Å². The van der Waals surface area contributed by atoms with Crippen LogP contribution in [0.25, 0.3) is 0 Å². The molecule has 0 spiro atoms. The summed E-state index contributed by atoms with van der Waals surface area (Å²) in [6, 6.07) is 0.633. The minimum atomic E-state index is 0.409. The number of hydrogen-bond donors (Lipinski definition) is 0. The Kier molecular flexibility index (Phi) is 6.26. The average Bonchev–Trinajstić information content (AvgIpc) is 2.66. The van der Waals surface area contributed by atoms with Gasteiger partial charge in [-0.3, -0.25) is 4.90 Å². The standard InChI is InChI=1S/C13H27NO/c1-4-5-6-7-8-9-13-14(12(2)3)10-11-15-13/h12-13H,4-11H2,1-3H3/t13-/m1/s1. The lowest BCUT2D eigenvalue weighted by molar-refractivity contribution is 0.0115. The third-order valence-electron chi connectivity index (χ3n) is 3.25. The molecular weight excluding hydrogens is 186 g/mol. The van der Waals surface area contributed by atoms with Gasteiger partial charge in [0.1, 0.15) is 6.23 Å². The van der Waals surface area contributed by atoms with E-state index in [9.17, 15) is 0 Å². The number of rotatable bonds is 7. The van der Waals surface area contributed by atoms with E-state index >= 15 is 0 Å². The third-order valence-corrected chi connectivity index (χ3v) is 3.25. The highest BCUT2D eigenvalue weighted by atomic mass is 16.5. The SMILES string of the molecule is CCCCCCC[C@H]1OCCN1C(C)C. The summed E-state index contributed by atoms with van der Waals surface area (Å²) in [6.07, 6.45) is 8.45. The molecule has 0 bridgehead atoms. The second kappa shape index (κ2) is 7.24. The molecule has 0 aromatic rings. The van der Waals surface area contributed by atoms with Gasteiger partial charge in [0.15, 0.2) is 0 Å². The molecule has 2 heteroatoms. The molecule has 0 aromatic carbocycles. The number of nitrogens with zero attached hydrogens (tertiary/aromatic N) is 1. The Balaban J connectivity index is 2.09. The van der Waals surface area contributed by atoms with E-state index in [0.717, 1.165) is 13.2 Å². The van der Waals surface area contributed by atoms with Crippen LogP contribution in [-0.4, -0.2) is 30.3 Å². The highest BCUT2D eigenvalue weighted by Crippen LogP contribution is 2.19. The van der Waals surface area contributed by atoms with Gasteiger partial charge in [-0.05, 0) is 26.7 Å². The van der Waals surface area contributed by atoms with E-state index in [0.29, 0.717) is 12.3 Å². The van der Waals surface area contributed by atoms with Crippen LogP contribution >= 0.6 is 0 Å². The topological polar surface area (TPSA) is 12.5 Å². The Hall–Kier alpha value is -0.0800. The first-order valence-corrected chi connectivity index (χ1v) is 6.63. The zero-order chi connectivity index (χ0) is 11.1. The molecule has 1 atom stereocenters. The molecule has 90 valence electrons. The van der Waals surface area contributed by atoms with Crippen LogP contribution in [0.3, 0.4) is 0 Å². The fraction of sp³-hybridized carbons (Fsp3) is 1.00. The van der Waals surface area contributed by atoms with E-state index < -0.39 is 0 Å². The van der Waals surface area contributed by atoms with Crippen LogP contribution in [0.5, 0.6) is 0 Å². The minimum absolute atomic E-state index is 0.409. The molecule has 1 aliphatic heterocycles. The Morgan fingerprint density at radius 1 is 1.20 bits per heavy atom. The molecular formula is C13H27NO. The molecule has 0 unspecified atom stereocenters. The van der Waals surface area contributed by atoms with Crippen molar-refractivity contribution >= 4 is 0 Å². The van der Waals surface area contributed by atoms with Crippen LogP contribution < -0.4 is 0 Å². The van der Waals surface area contributed by atoms with Crippen molar-refractivity contribution in [3.05, 3.63) is 0 Å². The van der Waals surface area contributed by atoms with Crippen molar-refractivity contribution in [3.63, 3.8) is 0 Å². The molecule has 0 aliphatic carbocycles. The van der Waals surface area contributed by atoms with Crippen LogP contribution in [0.15, 0.2) is 0 Å². The van der Waals surface area contributed by atoms with E-state index in [-0.39, 0.29) is 0 Å². The van der Waals surface area contributed by atoms with Crippen LogP contribution in [-0.2, 0) is 4.74 Å². The summed E-state index contributed by atoms with van der Waals surface area (Å²) >= 11 is 0. The van der Waals surface area contributed by atoms with Crippen LogP contribution in [0, 0.1) is 0 Å². The van der Waals surface area contributed by atoms with Crippen molar-refractivity contribution in [1.29, 1.82) is 0 Å². The Morgan fingerprint density at radius 3 is 2.60 bits per heavy atom. The second-order valence-corrected chi connectivity index (χ2v) is 4.86. The zero-order valence-corrected chi connectivity index (χ0v) is 10.7. The highest BCUT2D eigenvalue weighted by Gasteiger charge is 2.26. The number of hydrogen-bond acceptors (Lipinski definition) is 2. The summed E-state index contributed by atoms with van der Waals surface area (Å²) in [5.41, 5.74) is 0. The first-order valence-electron chi connectivity index (χ1n) is 6.63.